The molecule has 0 bridgehead atoms. The predicted molar refractivity (Wildman–Crippen MR) is 111 cm³/mol. The zero-order valence-corrected chi connectivity index (χ0v) is 17.4. The number of hydrogen-bond acceptors (Lipinski definition) is 7. The van der Waals surface area contributed by atoms with E-state index in [2.05, 4.69) is 20.3 Å². The first kappa shape index (κ1) is 19.2. The number of aromatic nitrogens is 3. The van der Waals surface area contributed by atoms with Gasteiger partial charge < -0.3 is 15.4 Å². The first-order valence-corrected chi connectivity index (χ1v) is 11.0. The number of H-pyrrole nitrogens is 1. The maximum absolute atomic E-state index is 12.5. The fourth-order valence-corrected chi connectivity index (χ4v) is 5.52. The first-order valence-electron chi connectivity index (χ1n) is 9.33. The Morgan fingerprint density at radius 3 is 2.86 bits per heavy atom. The van der Waals surface area contributed by atoms with E-state index in [1.54, 1.807) is 30.6 Å². The largest absolute Gasteiger partial charge is 0.384 e. The van der Waals surface area contributed by atoms with Crippen molar-refractivity contribution in [3.05, 3.63) is 37.7 Å². The van der Waals surface area contributed by atoms with E-state index < -0.39 is 5.60 Å². The average molecular weight is 419 g/mol. The summed E-state index contributed by atoms with van der Waals surface area (Å²) in [5.74, 6) is 0.326. The molecule has 0 aliphatic heterocycles. The highest BCUT2D eigenvalue weighted by molar-refractivity contribution is 7.18. The molecule has 4 rings (SSSR count). The molecule has 3 N–H and O–H groups in total. The van der Waals surface area contributed by atoms with Gasteiger partial charge in [0.1, 0.15) is 16.3 Å². The van der Waals surface area contributed by atoms with Crippen molar-refractivity contribution in [1.29, 1.82) is 0 Å². The number of thiazole rings is 1. The van der Waals surface area contributed by atoms with Crippen LogP contribution < -0.4 is 10.9 Å². The molecule has 0 fully saturated rings. The Labute approximate surface area is 169 Å². The third kappa shape index (κ3) is 3.87. The SMILES string of the molecule is CC(C)(O)c1csc(NC(=O)CCc2nc3sc4c(c3c(=O)[nH]2)CCCC4)n1. The van der Waals surface area contributed by atoms with E-state index in [1.807, 2.05) is 0 Å². The standard InChI is InChI=1S/C19H22N4O3S2/c1-19(2,26)12-9-27-18(20-12)23-14(24)8-7-13-21-16(25)15-10-5-3-4-6-11(10)28-17(15)22-13/h9,26H,3-8H2,1-2H3,(H,20,23,24)(H,21,22,25). The van der Waals surface area contributed by atoms with Crippen LogP contribution in [0.1, 0.15) is 55.1 Å². The molecule has 148 valence electrons. The Balaban J connectivity index is 1.44. The monoisotopic (exact) mass is 418 g/mol. The summed E-state index contributed by atoms with van der Waals surface area (Å²) in [4.78, 5) is 38.5. The lowest BCUT2D eigenvalue weighted by molar-refractivity contribution is -0.116. The number of aromatic amines is 1. The summed E-state index contributed by atoms with van der Waals surface area (Å²) in [6.45, 7) is 3.29. The molecule has 0 saturated heterocycles. The van der Waals surface area contributed by atoms with Gasteiger partial charge >= 0.3 is 0 Å². The van der Waals surface area contributed by atoms with Gasteiger partial charge in [0.25, 0.3) is 5.56 Å². The highest BCUT2D eigenvalue weighted by Crippen LogP contribution is 2.33. The lowest BCUT2D eigenvalue weighted by atomic mass is 9.97. The van der Waals surface area contributed by atoms with E-state index in [0.29, 0.717) is 23.1 Å². The quantitative estimate of drug-likeness (QED) is 0.590. The Bertz CT molecular complexity index is 1090. The topological polar surface area (TPSA) is 108 Å². The van der Waals surface area contributed by atoms with Gasteiger partial charge in [0, 0.05) is 23.1 Å². The molecular formula is C19H22N4O3S2. The van der Waals surface area contributed by atoms with Crippen LogP contribution in [-0.4, -0.2) is 26.0 Å². The van der Waals surface area contributed by atoms with Crippen LogP contribution in [0.2, 0.25) is 0 Å². The Hall–Kier alpha value is -2.10. The molecule has 28 heavy (non-hydrogen) atoms. The van der Waals surface area contributed by atoms with Crippen LogP contribution in [0.5, 0.6) is 0 Å². The average Bonchev–Trinajstić information content (AvgIpc) is 3.24. The number of carbonyl (C=O) groups excluding carboxylic acids is 1. The smallest absolute Gasteiger partial charge is 0.259 e. The van der Waals surface area contributed by atoms with Gasteiger partial charge in [0.15, 0.2) is 5.13 Å². The third-order valence-corrected chi connectivity index (χ3v) is 6.78. The number of nitrogens with one attached hydrogen (secondary N) is 2. The molecule has 1 amide bonds. The van der Waals surface area contributed by atoms with Gasteiger partial charge in [0.05, 0.1) is 11.1 Å². The summed E-state index contributed by atoms with van der Waals surface area (Å²) in [6, 6.07) is 0. The number of aryl methyl sites for hydroxylation is 3. The van der Waals surface area contributed by atoms with E-state index >= 15 is 0 Å². The molecule has 0 radical (unpaired) electrons. The van der Waals surface area contributed by atoms with Gasteiger partial charge in [-0.1, -0.05) is 0 Å². The van der Waals surface area contributed by atoms with Crippen molar-refractivity contribution < 1.29 is 9.90 Å². The molecule has 9 heteroatoms. The molecule has 7 nitrogen and oxygen atoms in total. The van der Waals surface area contributed by atoms with Gasteiger partial charge in [-0.25, -0.2) is 9.97 Å². The molecule has 0 atom stereocenters. The minimum atomic E-state index is -1.04. The number of amides is 1. The van der Waals surface area contributed by atoms with Crippen molar-refractivity contribution in [3.63, 3.8) is 0 Å². The molecule has 3 aromatic heterocycles. The molecule has 3 aromatic rings. The van der Waals surface area contributed by atoms with Crippen molar-refractivity contribution in [3.8, 4) is 0 Å². The Morgan fingerprint density at radius 1 is 1.32 bits per heavy atom. The van der Waals surface area contributed by atoms with Gasteiger partial charge in [-0.15, -0.1) is 22.7 Å². The van der Waals surface area contributed by atoms with Gasteiger partial charge in [0.2, 0.25) is 5.91 Å². The molecule has 1 aliphatic rings. The first-order chi connectivity index (χ1) is 13.3. The third-order valence-electron chi connectivity index (χ3n) is 4.84. The van der Waals surface area contributed by atoms with Crippen LogP contribution in [-0.2, 0) is 29.7 Å². The van der Waals surface area contributed by atoms with Crippen LogP contribution in [0.4, 0.5) is 5.13 Å². The zero-order valence-electron chi connectivity index (χ0n) is 15.8. The molecule has 0 aromatic carbocycles. The fraction of sp³-hybridized carbons (Fsp3) is 0.474. The number of fused-ring (bicyclic) bond motifs is 3. The highest BCUT2D eigenvalue weighted by Gasteiger charge is 2.21. The number of aliphatic hydroxyl groups is 1. The van der Waals surface area contributed by atoms with Crippen LogP contribution >= 0.6 is 22.7 Å². The summed E-state index contributed by atoms with van der Waals surface area (Å²) < 4.78 is 0. The molecule has 0 saturated carbocycles. The number of thiophene rings is 1. The van der Waals surface area contributed by atoms with Gasteiger partial charge in [-0.3, -0.25) is 9.59 Å². The fourth-order valence-electron chi connectivity index (χ4n) is 3.35. The number of nitrogens with zero attached hydrogens (tertiary/aromatic N) is 2. The normalized spacial score (nSPS) is 14.2. The molecule has 0 unspecified atom stereocenters. The minimum Gasteiger partial charge on any atom is -0.384 e. The maximum Gasteiger partial charge on any atom is 0.259 e. The lowest BCUT2D eigenvalue weighted by Gasteiger charge is -2.12. The van der Waals surface area contributed by atoms with Crippen molar-refractivity contribution in [2.45, 2.75) is 58.0 Å². The van der Waals surface area contributed by atoms with Gasteiger partial charge in [-0.2, -0.15) is 0 Å². The van der Waals surface area contributed by atoms with E-state index in [0.717, 1.165) is 41.5 Å². The summed E-state index contributed by atoms with van der Waals surface area (Å²) >= 11 is 2.88. The van der Waals surface area contributed by atoms with Crippen molar-refractivity contribution in [1.82, 2.24) is 15.0 Å². The van der Waals surface area contributed by atoms with Crippen LogP contribution in [0.3, 0.4) is 0 Å². The van der Waals surface area contributed by atoms with E-state index in [1.165, 1.54) is 16.2 Å². The lowest BCUT2D eigenvalue weighted by Crippen LogP contribution is -2.18. The second-order valence-electron chi connectivity index (χ2n) is 7.55. The van der Waals surface area contributed by atoms with E-state index in [-0.39, 0.29) is 17.9 Å². The van der Waals surface area contributed by atoms with Crippen molar-refractivity contribution in [2.75, 3.05) is 5.32 Å². The summed E-state index contributed by atoms with van der Waals surface area (Å²) in [7, 11) is 0. The number of hydrogen-bond donors (Lipinski definition) is 3. The van der Waals surface area contributed by atoms with Gasteiger partial charge in [-0.05, 0) is 45.1 Å². The van der Waals surface area contributed by atoms with Crippen LogP contribution in [0, 0.1) is 0 Å². The van der Waals surface area contributed by atoms with Crippen molar-refractivity contribution in [2.24, 2.45) is 0 Å². The highest BCUT2D eigenvalue weighted by atomic mass is 32.1. The molecule has 3 heterocycles. The zero-order chi connectivity index (χ0) is 19.9. The van der Waals surface area contributed by atoms with Crippen LogP contribution in [0.15, 0.2) is 10.2 Å². The number of anilines is 1. The van der Waals surface area contributed by atoms with E-state index in [4.69, 9.17) is 0 Å². The predicted octanol–water partition coefficient (Wildman–Crippen LogP) is 3.12. The maximum atomic E-state index is 12.5. The second kappa shape index (κ2) is 7.38. The minimum absolute atomic E-state index is 0.102. The Morgan fingerprint density at radius 2 is 2.11 bits per heavy atom. The molecular weight excluding hydrogens is 396 g/mol. The summed E-state index contributed by atoms with van der Waals surface area (Å²) in [6.07, 6.45) is 4.79. The molecule has 1 aliphatic carbocycles. The van der Waals surface area contributed by atoms with E-state index in [9.17, 15) is 14.7 Å². The van der Waals surface area contributed by atoms with Crippen LogP contribution in [0.25, 0.3) is 10.2 Å². The second-order valence-corrected chi connectivity index (χ2v) is 9.49. The summed E-state index contributed by atoms with van der Waals surface area (Å²) in [5, 5.41) is 15.6. The number of carbonyl (C=O) groups is 1. The van der Waals surface area contributed by atoms with Crippen molar-refractivity contribution >= 4 is 43.9 Å². The Kier molecular flexibility index (Phi) is 5.07. The summed E-state index contributed by atoms with van der Waals surface area (Å²) in [5.41, 5.74) is 0.536. The number of rotatable bonds is 5. The molecule has 0 spiro atoms.